The Morgan fingerprint density at radius 2 is 1.57 bits per heavy atom. The van der Waals surface area contributed by atoms with E-state index in [1.165, 1.54) is 18.4 Å². The summed E-state index contributed by atoms with van der Waals surface area (Å²) in [6.07, 6.45) is 4.11. The van der Waals surface area contributed by atoms with Gasteiger partial charge in [0.05, 0.1) is 0 Å². The van der Waals surface area contributed by atoms with Crippen LogP contribution < -0.4 is 15.1 Å². The van der Waals surface area contributed by atoms with Crippen molar-refractivity contribution in [1.29, 1.82) is 0 Å². The Hall–Kier alpha value is -2.83. The number of amides is 2. The van der Waals surface area contributed by atoms with Crippen molar-refractivity contribution in [2.24, 2.45) is 0 Å². The number of nitrogens with zero attached hydrogens (tertiary/aromatic N) is 5. The first-order chi connectivity index (χ1) is 13.6. The van der Waals surface area contributed by atoms with Gasteiger partial charge in [-0.3, -0.25) is 0 Å². The Morgan fingerprint density at radius 3 is 2.25 bits per heavy atom. The summed E-state index contributed by atoms with van der Waals surface area (Å²) in [7, 11) is 0. The van der Waals surface area contributed by atoms with Gasteiger partial charge in [0.1, 0.15) is 18.0 Å². The Labute approximate surface area is 166 Å². The van der Waals surface area contributed by atoms with Gasteiger partial charge in [-0.25, -0.2) is 14.8 Å². The third-order valence-electron chi connectivity index (χ3n) is 5.81. The lowest BCUT2D eigenvalue weighted by atomic mass is 10.1. The molecule has 0 bridgehead atoms. The van der Waals surface area contributed by atoms with E-state index in [0.29, 0.717) is 13.1 Å². The van der Waals surface area contributed by atoms with Crippen molar-refractivity contribution in [1.82, 2.24) is 14.9 Å². The molecule has 2 aliphatic rings. The Kier molecular flexibility index (Phi) is 5.32. The number of aromatic nitrogens is 2. The van der Waals surface area contributed by atoms with Crippen LogP contribution in [0.3, 0.4) is 0 Å². The van der Waals surface area contributed by atoms with Gasteiger partial charge in [0, 0.05) is 51.0 Å². The van der Waals surface area contributed by atoms with Gasteiger partial charge in [-0.05, 0) is 43.9 Å². The standard InChI is InChI=1S/C21H28N6O/c1-16-6-5-7-18(17(16)2)24-21(28)27-12-10-26(11-13-27)20-14-19(22-15-23-20)25-8-3-4-9-25/h5-7,14-15H,3-4,8-13H2,1-2H3,(H,24,28). The topological polar surface area (TPSA) is 64.6 Å². The number of hydrogen-bond donors (Lipinski definition) is 1. The summed E-state index contributed by atoms with van der Waals surface area (Å²) < 4.78 is 0. The van der Waals surface area contributed by atoms with E-state index in [0.717, 1.165) is 49.1 Å². The van der Waals surface area contributed by atoms with E-state index in [-0.39, 0.29) is 6.03 Å². The van der Waals surface area contributed by atoms with Crippen molar-refractivity contribution >= 4 is 23.4 Å². The molecule has 0 spiro atoms. The predicted molar refractivity (Wildman–Crippen MR) is 112 cm³/mol. The van der Waals surface area contributed by atoms with Gasteiger partial charge < -0.3 is 20.0 Å². The molecule has 0 unspecified atom stereocenters. The van der Waals surface area contributed by atoms with Gasteiger partial charge in [-0.2, -0.15) is 0 Å². The van der Waals surface area contributed by atoms with Crippen LogP contribution in [0.25, 0.3) is 0 Å². The van der Waals surface area contributed by atoms with Crippen molar-refractivity contribution in [2.45, 2.75) is 26.7 Å². The Balaban J connectivity index is 1.36. The quantitative estimate of drug-likeness (QED) is 0.887. The molecule has 2 saturated heterocycles. The minimum Gasteiger partial charge on any atom is -0.356 e. The normalized spacial score (nSPS) is 17.1. The van der Waals surface area contributed by atoms with Crippen molar-refractivity contribution in [3.05, 3.63) is 41.7 Å². The number of hydrogen-bond acceptors (Lipinski definition) is 5. The van der Waals surface area contributed by atoms with Gasteiger partial charge in [-0.1, -0.05) is 12.1 Å². The molecule has 0 saturated carbocycles. The van der Waals surface area contributed by atoms with Crippen molar-refractivity contribution < 1.29 is 4.79 Å². The van der Waals surface area contributed by atoms with Crippen LogP contribution in [-0.4, -0.2) is 60.2 Å². The van der Waals surface area contributed by atoms with E-state index in [1.807, 2.05) is 24.0 Å². The van der Waals surface area contributed by atoms with Gasteiger partial charge in [0.25, 0.3) is 0 Å². The molecular formula is C21H28N6O. The van der Waals surface area contributed by atoms with Gasteiger partial charge in [0.2, 0.25) is 0 Å². The molecule has 1 aromatic carbocycles. The maximum Gasteiger partial charge on any atom is 0.321 e. The predicted octanol–water partition coefficient (Wildman–Crippen LogP) is 3.05. The minimum absolute atomic E-state index is 0.0335. The first-order valence-corrected chi connectivity index (χ1v) is 10.1. The zero-order valence-electron chi connectivity index (χ0n) is 16.7. The lowest BCUT2D eigenvalue weighted by Gasteiger charge is -2.35. The lowest BCUT2D eigenvalue weighted by Crippen LogP contribution is -2.50. The highest BCUT2D eigenvalue weighted by Gasteiger charge is 2.23. The molecule has 1 N–H and O–H groups in total. The second-order valence-corrected chi connectivity index (χ2v) is 7.58. The van der Waals surface area contributed by atoms with E-state index in [4.69, 9.17) is 0 Å². The number of benzene rings is 1. The van der Waals surface area contributed by atoms with Crippen LogP contribution in [0.4, 0.5) is 22.1 Å². The molecule has 1 aromatic heterocycles. The van der Waals surface area contributed by atoms with Crippen molar-refractivity contribution in [3.63, 3.8) is 0 Å². The second-order valence-electron chi connectivity index (χ2n) is 7.58. The number of rotatable bonds is 3. The molecule has 28 heavy (non-hydrogen) atoms. The Morgan fingerprint density at radius 1 is 0.929 bits per heavy atom. The summed E-state index contributed by atoms with van der Waals surface area (Å²) in [5, 5.41) is 3.06. The highest BCUT2D eigenvalue weighted by molar-refractivity contribution is 5.90. The van der Waals surface area contributed by atoms with Crippen LogP contribution in [0.1, 0.15) is 24.0 Å². The number of carbonyl (C=O) groups is 1. The molecule has 0 atom stereocenters. The summed E-state index contributed by atoms with van der Waals surface area (Å²) in [6, 6.07) is 8.04. The molecule has 4 rings (SSSR count). The third kappa shape index (κ3) is 3.88. The number of anilines is 3. The monoisotopic (exact) mass is 380 g/mol. The van der Waals surface area contributed by atoms with Gasteiger partial charge in [-0.15, -0.1) is 0 Å². The number of carbonyl (C=O) groups excluding carboxylic acids is 1. The molecule has 2 aliphatic heterocycles. The van der Waals surface area contributed by atoms with E-state index in [1.54, 1.807) is 6.33 Å². The molecule has 2 aromatic rings. The van der Waals surface area contributed by atoms with Crippen LogP contribution in [0.2, 0.25) is 0 Å². The molecule has 7 nitrogen and oxygen atoms in total. The molecule has 2 fully saturated rings. The zero-order chi connectivity index (χ0) is 19.5. The highest BCUT2D eigenvalue weighted by atomic mass is 16.2. The SMILES string of the molecule is Cc1cccc(NC(=O)N2CCN(c3cc(N4CCCC4)ncn3)CC2)c1C. The minimum atomic E-state index is -0.0335. The van der Waals surface area contributed by atoms with Crippen LogP contribution in [0, 0.1) is 13.8 Å². The summed E-state index contributed by atoms with van der Waals surface area (Å²) >= 11 is 0. The first-order valence-electron chi connectivity index (χ1n) is 10.1. The van der Waals surface area contributed by atoms with Gasteiger partial charge in [0.15, 0.2) is 0 Å². The Bertz CT molecular complexity index is 841. The molecule has 148 valence electrons. The molecule has 0 aliphatic carbocycles. The van der Waals surface area contributed by atoms with Crippen LogP contribution in [0.5, 0.6) is 0 Å². The lowest BCUT2D eigenvalue weighted by molar-refractivity contribution is 0.208. The first kappa shape index (κ1) is 18.5. The second kappa shape index (κ2) is 8.04. The zero-order valence-corrected chi connectivity index (χ0v) is 16.7. The summed E-state index contributed by atoms with van der Waals surface area (Å²) in [4.78, 5) is 28.0. The molecule has 7 heteroatoms. The fourth-order valence-corrected chi connectivity index (χ4v) is 3.85. The van der Waals surface area contributed by atoms with E-state index in [2.05, 4.69) is 44.1 Å². The van der Waals surface area contributed by atoms with Gasteiger partial charge >= 0.3 is 6.03 Å². The number of aryl methyl sites for hydroxylation is 1. The molecular weight excluding hydrogens is 352 g/mol. The fourth-order valence-electron chi connectivity index (χ4n) is 3.85. The maximum atomic E-state index is 12.7. The maximum absolute atomic E-state index is 12.7. The smallest absolute Gasteiger partial charge is 0.321 e. The average Bonchev–Trinajstić information content (AvgIpc) is 3.27. The summed E-state index contributed by atoms with van der Waals surface area (Å²) in [5.41, 5.74) is 3.18. The number of piperazine rings is 1. The molecule has 2 amide bonds. The summed E-state index contributed by atoms with van der Waals surface area (Å²) in [6.45, 7) is 9.15. The third-order valence-corrected chi connectivity index (χ3v) is 5.81. The summed E-state index contributed by atoms with van der Waals surface area (Å²) in [5.74, 6) is 1.96. The average molecular weight is 380 g/mol. The molecule has 3 heterocycles. The highest BCUT2D eigenvalue weighted by Crippen LogP contribution is 2.23. The van der Waals surface area contributed by atoms with Crippen LogP contribution >= 0.6 is 0 Å². The van der Waals surface area contributed by atoms with Crippen molar-refractivity contribution in [3.8, 4) is 0 Å². The van der Waals surface area contributed by atoms with E-state index >= 15 is 0 Å². The van der Waals surface area contributed by atoms with Crippen molar-refractivity contribution in [2.75, 3.05) is 54.4 Å². The molecule has 0 radical (unpaired) electrons. The van der Waals surface area contributed by atoms with Crippen LogP contribution in [-0.2, 0) is 0 Å². The van der Waals surface area contributed by atoms with E-state index in [9.17, 15) is 4.79 Å². The fraction of sp³-hybridized carbons (Fsp3) is 0.476. The van der Waals surface area contributed by atoms with E-state index < -0.39 is 0 Å². The number of nitrogens with one attached hydrogen (secondary N) is 1. The number of urea groups is 1. The largest absolute Gasteiger partial charge is 0.356 e. The van der Waals surface area contributed by atoms with Crippen LogP contribution in [0.15, 0.2) is 30.6 Å².